The summed E-state index contributed by atoms with van der Waals surface area (Å²) in [5, 5.41) is 10.2. The Hall–Kier alpha value is -2.38. The van der Waals surface area contributed by atoms with Gasteiger partial charge >= 0.3 is 5.97 Å². The molecule has 0 bridgehead atoms. The molecule has 31 heavy (non-hydrogen) atoms. The number of carboxylic acids is 1. The maximum atomic E-state index is 11.3. The third kappa shape index (κ3) is 5.86. The molecule has 1 N–H and O–H groups in total. The van der Waals surface area contributed by atoms with Crippen LogP contribution in [-0.4, -0.2) is 26.0 Å². The first-order chi connectivity index (χ1) is 14.5. The van der Waals surface area contributed by atoms with Crippen molar-refractivity contribution in [2.75, 3.05) is 0 Å². The highest BCUT2D eigenvalue weighted by molar-refractivity contribution is 7.98. The zero-order chi connectivity index (χ0) is 22.8. The SMILES string of the molecule is Cc1cc(SCc2nsc(-c3ccc(C(C)(C)C)cc3)n2)ccc1OC(C)(C)C(=O)O. The predicted octanol–water partition coefficient (Wildman–Crippen LogP) is 6.35. The first kappa shape index (κ1) is 23.3. The summed E-state index contributed by atoms with van der Waals surface area (Å²) in [6, 6.07) is 14.3. The van der Waals surface area contributed by atoms with E-state index >= 15 is 0 Å². The van der Waals surface area contributed by atoms with Crippen LogP contribution >= 0.6 is 23.3 Å². The van der Waals surface area contributed by atoms with Crippen LogP contribution < -0.4 is 4.74 Å². The van der Waals surface area contributed by atoms with Crippen LogP contribution in [0.25, 0.3) is 10.6 Å². The number of carbonyl (C=O) groups is 1. The van der Waals surface area contributed by atoms with E-state index < -0.39 is 11.6 Å². The van der Waals surface area contributed by atoms with Crippen LogP contribution in [0.15, 0.2) is 47.4 Å². The summed E-state index contributed by atoms with van der Waals surface area (Å²) in [6.45, 7) is 11.6. The van der Waals surface area contributed by atoms with Crippen molar-refractivity contribution in [3.05, 3.63) is 59.4 Å². The third-order valence-electron chi connectivity index (χ3n) is 4.86. The molecule has 0 saturated carbocycles. The lowest BCUT2D eigenvalue weighted by Gasteiger charge is -2.22. The molecule has 0 saturated heterocycles. The van der Waals surface area contributed by atoms with E-state index in [0.29, 0.717) is 11.5 Å². The zero-order valence-electron chi connectivity index (χ0n) is 18.7. The van der Waals surface area contributed by atoms with Crippen molar-refractivity contribution in [2.24, 2.45) is 0 Å². The van der Waals surface area contributed by atoms with Gasteiger partial charge in [0.15, 0.2) is 11.4 Å². The quantitative estimate of drug-likeness (QED) is 0.418. The smallest absolute Gasteiger partial charge is 0.347 e. The first-order valence-electron chi connectivity index (χ1n) is 10.0. The van der Waals surface area contributed by atoms with Crippen molar-refractivity contribution in [3.63, 3.8) is 0 Å². The third-order valence-corrected chi connectivity index (χ3v) is 6.65. The molecule has 0 atom stereocenters. The monoisotopic (exact) mass is 456 g/mol. The van der Waals surface area contributed by atoms with Crippen LogP contribution in [0, 0.1) is 6.92 Å². The van der Waals surface area contributed by atoms with Gasteiger partial charge in [-0.15, -0.1) is 11.8 Å². The van der Waals surface area contributed by atoms with Crippen LogP contribution in [0.3, 0.4) is 0 Å². The van der Waals surface area contributed by atoms with Crippen molar-refractivity contribution in [1.82, 2.24) is 9.36 Å². The number of benzene rings is 2. The summed E-state index contributed by atoms with van der Waals surface area (Å²) >= 11 is 3.06. The molecule has 1 heterocycles. The molecule has 3 aromatic rings. The molecule has 0 unspecified atom stereocenters. The van der Waals surface area contributed by atoms with Gasteiger partial charge in [-0.2, -0.15) is 4.37 Å². The second-order valence-corrected chi connectivity index (χ2v) is 10.8. The lowest BCUT2D eigenvalue weighted by Crippen LogP contribution is -2.38. The summed E-state index contributed by atoms with van der Waals surface area (Å²) in [4.78, 5) is 17.0. The van der Waals surface area contributed by atoms with E-state index in [4.69, 9.17) is 9.72 Å². The van der Waals surface area contributed by atoms with Gasteiger partial charge in [-0.25, -0.2) is 9.78 Å². The Morgan fingerprint density at radius 2 is 1.77 bits per heavy atom. The zero-order valence-corrected chi connectivity index (χ0v) is 20.4. The Balaban J connectivity index is 1.64. The Labute approximate surface area is 192 Å². The molecule has 7 heteroatoms. The van der Waals surface area contributed by atoms with Gasteiger partial charge in [-0.3, -0.25) is 0 Å². The van der Waals surface area contributed by atoms with Gasteiger partial charge < -0.3 is 9.84 Å². The minimum atomic E-state index is -1.27. The van der Waals surface area contributed by atoms with Crippen LogP contribution in [0.4, 0.5) is 0 Å². The molecule has 1 aromatic heterocycles. The first-order valence-corrected chi connectivity index (χ1v) is 11.8. The van der Waals surface area contributed by atoms with Gasteiger partial charge in [0, 0.05) is 10.5 Å². The maximum absolute atomic E-state index is 11.3. The molecule has 0 radical (unpaired) electrons. The molecular weight excluding hydrogens is 428 g/mol. The van der Waals surface area contributed by atoms with E-state index in [-0.39, 0.29) is 5.41 Å². The number of aromatic nitrogens is 2. The topological polar surface area (TPSA) is 72.3 Å². The fourth-order valence-electron chi connectivity index (χ4n) is 2.84. The second kappa shape index (κ2) is 9.01. The van der Waals surface area contributed by atoms with Gasteiger partial charge in [-0.05, 0) is 67.0 Å². The van der Waals surface area contributed by atoms with Gasteiger partial charge in [0.05, 0.1) is 5.75 Å². The minimum Gasteiger partial charge on any atom is -0.478 e. The summed E-state index contributed by atoms with van der Waals surface area (Å²) in [7, 11) is 0. The van der Waals surface area contributed by atoms with E-state index in [9.17, 15) is 9.90 Å². The lowest BCUT2D eigenvalue weighted by atomic mass is 9.87. The molecule has 2 aromatic carbocycles. The fourth-order valence-corrected chi connectivity index (χ4v) is 4.45. The average molecular weight is 457 g/mol. The number of hydrogen-bond donors (Lipinski definition) is 1. The molecule has 3 rings (SSSR count). The number of aliphatic carboxylic acids is 1. The van der Waals surface area contributed by atoms with Crippen molar-refractivity contribution >= 4 is 29.3 Å². The Kier molecular flexibility index (Phi) is 6.76. The molecule has 5 nitrogen and oxygen atoms in total. The van der Waals surface area contributed by atoms with Gasteiger partial charge in [0.2, 0.25) is 0 Å². The van der Waals surface area contributed by atoms with Gasteiger partial charge in [-0.1, -0.05) is 45.0 Å². The van der Waals surface area contributed by atoms with Crippen LogP contribution in [0.1, 0.15) is 51.6 Å². The van der Waals surface area contributed by atoms with Crippen LogP contribution in [-0.2, 0) is 16.0 Å². The number of thioether (sulfide) groups is 1. The lowest BCUT2D eigenvalue weighted by molar-refractivity contribution is -0.152. The summed E-state index contributed by atoms with van der Waals surface area (Å²) in [5.41, 5.74) is 2.13. The van der Waals surface area contributed by atoms with E-state index in [1.54, 1.807) is 25.6 Å². The fraction of sp³-hybridized carbons (Fsp3) is 0.375. The Morgan fingerprint density at radius 1 is 1.10 bits per heavy atom. The molecular formula is C24H28N2O3S2. The van der Waals surface area contributed by atoms with Crippen molar-refractivity contribution in [3.8, 4) is 16.3 Å². The van der Waals surface area contributed by atoms with Gasteiger partial charge in [0.1, 0.15) is 10.8 Å². The number of nitrogens with zero attached hydrogens (tertiary/aromatic N) is 2. The van der Waals surface area contributed by atoms with E-state index in [2.05, 4.69) is 49.4 Å². The van der Waals surface area contributed by atoms with Crippen molar-refractivity contribution in [2.45, 2.75) is 63.2 Å². The molecule has 0 fully saturated rings. The number of carboxylic acid groups (broad SMARTS) is 1. The second-order valence-electron chi connectivity index (χ2n) is 8.98. The average Bonchev–Trinajstić information content (AvgIpc) is 3.16. The predicted molar refractivity (Wildman–Crippen MR) is 127 cm³/mol. The Bertz CT molecular complexity index is 1070. The molecule has 0 spiro atoms. The molecule has 0 amide bonds. The number of aryl methyl sites for hydroxylation is 1. The van der Waals surface area contributed by atoms with E-state index in [1.807, 2.05) is 25.1 Å². The number of hydrogen-bond acceptors (Lipinski definition) is 6. The summed E-state index contributed by atoms with van der Waals surface area (Å²) in [6.07, 6.45) is 0. The van der Waals surface area contributed by atoms with Gasteiger partial charge in [0.25, 0.3) is 0 Å². The van der Waals surface area contributed by atoms with E-state index in [1.165, 1.54) is 17.1 Å². The highest BCUT2D eigenvalue weighted by atomic mass is 32.2. The van der Waals surface area contributed by atoms with Crippen LogP contribution in [0.2, 0.25) is 0 Å². The Morgan fingerprint density at radius 3 is 2.35 bits per heavy atom. The summed E-state index contributed by atoms with van der Waals surface area (Å²) < 4.78 is 10.2. The summed E-state index contributed by atoms with van der Waals surface area (Å²) in [5.74, 6) is 1.04. The minimum absolute atomic E-state index is 0.129. The largest absolute Gasteiger partial charge is 0.478 e. The highest BCUT2D eigenvalue weighted by Crippen LogP contribution is 2.31. The number of ether oxygens (including phenoxy) is 1. The standard InChI is InChI=1S/C24H28N2O3S2/c1-15-13-18(11-12-19(15)29-24(5,6)22(27)28)30-14-20-25-21(31-26-20)16-7-9-17(10-8-16)23(2,3)4/h7-13H,14H2,1-6H3,(H,27,28). The normalized spacial score (nSPS) is 12.1. The molecule has 164 valence electrons. The number of rotatable bonds is 7. The molecule has 0 aliphatic heterocycles. The van der Waals surface area contributed by atoms with Crippen molar-refractivity contribution in [1.29, 1.82) is 0 Å². The molecule has 0 aliphatic carbocycles. The van der Waals surface area contributed by atoms with E-state index in [0.717, 1.165) is 26.9 Å². The van der Waals surface area contributed by atoms with Crippen molar-refractivity contribution < 1.29 is 14.6 Å². The molecule has 0 aliphatic rings. The maximum Gasteiger partial charge on any atom is 0.347 e. The van der Waals surface area contributed by atoms with Crippen LogP contribution in [0.5, 0.6) is 5.75 Å². The highest BCUT2D eigenvalue weighted by Gasteiger charge is 2.29.